The van der Waals surface area contributed by atoms with Gasteiger partial charge in [0.1, 0.15) is 0 Å². The minimum absolute atomic E-state index is 0.0601. The van der Waals surface area contributed by atoms with Gasteiger partial charge in [0, 0.05) is 18.9 Å². The van der Waals surface area contributed by atoms with Gasteiger partial charge >= 0.3 is 5.97 Å². The third-order valence-corrected chi connectivity index (χ3v) is 6.06. The van der Waals surface area contributed by atoms with Crippen molar-refractivity contribution in [1.82, 2.24) is 0 Å². The van der Waals surface area contributed by atoms with E-state index in [1.165, 1.54) is 0 Å². The zero-order valence-corrected chi connectivity index (χ0v) is 16.2. The van der Waals surface area contributed by atoms with Crippen LogP contribution in [-0.2, 0) is 14.3 Å². The van der Waals surface area contributed by atoms with Gasteiger partial charge in [-0.05, 0) is 43.9 Å². The molecule has 0 bridgehead atoms. The lowest BCUT2D eigenvalue weighted by atomic mass is 9.74. The van der Waals surface area contributed by atoms with Crippen LogP contribution in [0.4, 0.5) is 0 Å². The Bertz CT molecular complexity index is 423. The normalized spacial score (nSPS) is 34.5. The summed E-state index contributed by atoms with van der Waals surface area (Å²) in [5, 5.41) is 30.6. The lowest BCUT2D eigenvalue weighted by Gasteiger charge is -2.37. The maximum Gasteiger partial charge on any atom is 0.303 e. The Morgan fingerprint density at radius 3 is 2.65 bits per heavy atom. The highest BCUT2D eigenvalue weighted by molar-refractivity contribution is 5.67. The number of rotatable bonds is 10. The number of aliphatic carboxylic acids is 1. The molecule has 0 amide bonds. The van der Waals surface area contributed by atoms with Crippen LogP contribution in [0.25, 0.3) is 0 Å². The van der Waals surface area contributed by atoms with Gasteiger partial charge in [0.25, 0.3) is 0 Å². The molecule has 0 aromatic carbocycles. The van der Waals surface area contributed by atoms with Gasteiger partial charge in [0.2, 0.25) is 0 Å². The summed E-state index contributed by atoms with van der Waals surface area (Å²) in [6.07, 6.45) is 4.92. The van der Waals surface area contributed by atoms with Crippen molar-refractivity contribution in [2.24, 2.45) is 17.8 Å². The van der Waals surface area contributed by atoms with E-state index in [0.29, 0.717) is 19.4 Å². The Labute approximate surface area is 156 Å². The third kappa shape index (κ3) is 5.65. The second-order valence-corrected chi connectivity index (χ2v) is 7.89. The minimum atomic E-state index is -0.908. The Kier molecular flexibility index (Phi) is 8.80. The Morgan fingerprint density at radius 2 is 2.08 bits per heavy atom. The molecule has 1 saturated carbocycles. The third-order valence-electron chi connectivity index (χ3n) is 6.06. The van der Waals surface area contributed by atoms with E-state index in [1.807, 2.05) is 6.92 Å². The van der Waals surface area contributed by atoms with Crippen molar-refractivity contribution < 1.29 is 29.6 Å². The summed E-state index contributed by atoms with van der Waals surface area (Å²) < 4.78 is 11.9. The summed E-state index contributed by atoms with van der Waals surface area (Å²) in [4.78, 5) is 11.4. The number of aliphatic hydroxyl groups excluding tert-OH is 2. The van der Waals surface area contributed by atoms with E-state index in [4.69, 9.17) is 9.47 Å². The van der Waals surface area contributed by atoms with E-state index in [9.17, 15) is 20.1 Å². The molecule has 3 N–H and O–H groups in total. The van der Waals surface area contributed by atoms with Crippen molar-refractivity contribution in [2.45, 2.75) is 96.2 Å². The van der Waals surface area contributed by atoms with Crippen LogP contribution >= 0.6 is 0 Å². The molecule has 1 aliphatic carbocycles. The first-order valence-corrected chi connectivity index (χ1v) is 10.3. The maximum atomic E-state index is 11.4. The highest BCUT2D eigenvalue weighted by Gasteiger charge is 2.49. The molecule has 7 atom stereocenters. The number of hydrogen-bond donors (Lipinski definition) is 3. The van der Waals surface area contributed by atoms with Crippen LogP contribution < -0.4 is 0 Å². The molecular formula is C20H36O6. The van der Waals surface area contributed by atoms with Crippen molar-refractivity contribution in [1.29, 1.82) is 0 Å². The number of carbonyl (C=O) groups is 1. The zero-order chi connectivity index (χ0) is 19.1. The predicted molar refractivity (Wildman–Crippen MR) is 97.6 cm³/mol. The summed E-state index contributed by atoms with van der Waals surface area (Å²) >= 11 is 0. The molecule has 0 aromatic heterocycles. The summed E-state index contributed by atoms with van der Waals surface area (Å²) in [6.45, 7) is 4.73. The second kappa shape index (κ2) is 10.6. The van der Waals surface area contributed by atoms with E-state index in [2.05, 4.69) is 6.92 Å². The van der Waals surface area contributed by atoms with E-state index >= 15 is 0 Å². The van der Waals surface area contributed by atoms with Crippen LogP contribution in [0.1, 0.15) is 71.6 Å². The number of carboxylic acid groups (broad SMARTS) is 1. The molecule has 26 heavy (non-hydrogen) atoms. The Hall–Kier alpha value is -0.690. The maximum absolute atomic E-state index is 11.4. The molecule has 7 unspecified atom stereocenters. The molecule has 0 radical (unpaired) electrons. The van der Waals surface area contributed by atoms with E-state index in [0.717, 1.165) is 38.5 Å². The topological polar surface area (TPSA) is 96.2 Å². The largest absolute Gasteiger partial charge is 0.481 e. The van der Waals surface area contributed by atoms with Crippen molar-refractivity contribution in [3.8, 4) is 0 Å². The molecule has 152 valence electrons. The minimum Gasteiger partial charge on any atom is -0.481 e. The average Bonchev–Trinajstić information content (AvgIpc) is 2.91. The fourth-order valence-electron chi connectivity index (χ4n) is 4.71. The molecule has 1 aliphatic heterocycles. The van der Waals surface area contributed by atoms with Gasteiger partial charge in [-0.15, -0.1) is 0 Å². The summed E-state index contributed by atoms with van der Waals surface area (Å²) in [6, 6.07) is 0. The standard InChI is InChI=1S/C20H36O6/c1-3-5-8-13(15(21)4-2)20-14(11-18(23)24)16(22)12-17(20)26-19-9-6-7-10-25-19/h13-17,19-22H,3-12H2,1-2H3,(H,23,24). The van der Waals surface area contributed by atoms with E-state index in [1.54, 1.807) is 0 Å². The first-order valence-electron chi connectivity index (χ1n) is 10.3. The van der Waals surface area contributed by atoms with Gasteiger partial charge < -0.3 is 24.8 Å². The quantitative estimate of drug-likeness (QED) is 0.546. The smallest absolute Gasteiger partial charge is 0.303 e. The fraction of sp³-hybridized carbons (Fsp3) is 0.950. The van der Waals surface area contributed by atoms with Gasteiger partial charge in [-0.3, -0.25) is 4.79 Å². The lowest BCUT2D eigenvalue weighted by molar-refractivity contribution is -0.202. The van der Waals surface area contributed by atoms with Gasteiger partial charge in [-0.1, -0.05) is 26.7 Å². The molecule has 1 heterocycles. The highest BCUT2D eigenvalue weighted by Crippen LogP contribution is 2.45. The number of ether oxygens (including phenoxy) is 2. The lowest BCUT2D eigenvalue weighted by Crippen LogP contribution is -2.40. The molecule has 2 fully saturated rings. The van der Waals surface area contributed by atoms with Gasteiger partial charge in [-0.25, -0.2) is 0 Å². The van der Waals surface area contributed by atoms with Crippen LogP contribution in [0.2, 0.25) is 0 Å². The monoisotopic (exact) mass is 372 g/mol. The number of hydrogen-bond acceptors (Lipinski definition) is 5. The molecule has 6 nitrogen and oxygen atoms in total. The second-order valence-electron chi connectivity index (χ2n) is 7.89. The fourth-order valence-corrected chi connectivity index (χ4v) is 4.71. The summed E-state index contributed by atoms with van der Waals surface area (Å²) in [7, 11) is 0. The first kappa shape index (κ1) is 21.6. The number of aliphatic hydroxyl groups is 2. The van der Waals surface area contributed by atoms with Crippen molar-refractivity contribution in [3.63, 3.8) is 0 Å². The van der Waals surface area contributed by atoms with E-state index in [-0.39, 0.29) is 36.6 Å². The first-order chi connectivity index (χ1) is 12.5. The predicted octanol–water partition coefficient (Wildman–Crippen LogP) is 2.95. The van der Waals surface area contributed by atoms with Crippen LogP contribution in [0.3, 0.4) is 0 Å². The van der Waals surface area contributed by atoms with Crippen molar-refractivity contribution in [3.05, 3.63) is 0 Å². The Morgan fingerprint density at radius 1 is 1.31 bits per heavy atom. The van der Waals surface area contributed by atoms with Gasteiger partial charge in [-0.2, -0.15) is 0 Å². The van der Waals surface area contributed by atoms with Crippen LogP contribution in [0.15, 0.2) is 0 Å². The van der Waals surface area contributed by atoms with Crippen LogP contribution in [0.5, 0.6) is 0 Å². The Balaban J connectivity index is 2.20. The van der Waals surface area contributed by atoms with Crippen molar-refractivity contribution in [2.75, 3.05) is 6.61 Å². The van der Waals surface area contributed by atoms with Crippen LogP contribution in [-0.4, -0.2) is 52.5 Å². The molecule has 0 spiro atoms. The molecule has 0 aromatic rings. The summed E-state index contributed by atoms with van der Waals surface area (Å²) in [5.74, 6) is -1.51. The SMILES string of the molecule is CCCCC(C(O)CC)C1C(OC2CCCCO2)CC(O)C1CC(=O)O. The number of carboxylic acids is 1. The molecule has 2 rings (SSSR count). The molecule has 1 saturated heterocycles. The van der Waals surface area contributed by atoms with Gasteiger partial charge in [0.15, 0.2) is 6.29 Å². The van der Waals surface area contributed by atoms with Crippen molar-refractivity contribution >= 4 is 5.97 Å². The highest BCUT2D eigenvalue weighted by atomic mass is 16.7. The molecule has 2 aliphatic rings. The van der Waals surface area contributed by atoms with Gasteiger partial charge in [0.05, 0.1) is 24.7 Å². The zero-order valence-electron chi connectivity index (χ0n) is 16.2. The summed E-state index contributed by atoms with van der Waals surface area (Å²) in [5.41, 5.74) is 0. The average molecular weight is 373 g/mol. The van der Waals surface area contributed by atoms with Crippen LogP contribution in [0, 0.1) is 17.8 Å². The van der Waals surface area contributed by atoms with E-state index < -0.39 is 18.2 Å². The molecular weight excluding hydrogens is 336 g/mol. The molecule has 6 heteroatoms. The number of unbranched alkanes of at least 4 members (excludes halogenated alkanes) is 1.